The minimum absolute atomic E-state index is 0.0421. The number of hydrogen-bond acceptors (Lipinski definition) is 4. The standard InChI is InChI=1S/C20H32N4O2/c1-13-21-12-16(18(25)24(5)6)17(23-13)15-9-7-14(8-10-15)11-22-19(26)20(2,3)4/h12,14-15H,7-11H2,1-6H3,(H,22,26). The van der Waals surface area contributed by atoms with E-state index in [1.807, 2.05) is 27.7 Å². The van der Waals surface area contributed by atoms with Crippen LogP contribution in [-0.4, -0.2) is 47.3 Å². The van der Waals surface area contributed by atoms with Crippen LogP contribution >= 0.6 is 0 Å². The zero-order chi connectivity index (χ0) is 19.5. The van der Waals surface area contributed by atoms with E-state index in [1.165, 1.54) is 0 Å². The predicted molar refractivity (Wildman–Crippen MR) is 102 cm³/mol. The normalized spacial score (nSPS) is 20.5. The maximum atomic E-state index is 12.5. The number of nitrogens with one attached hydrogen (secondary N) is 1. The first-order chi connectivity index (χ1) is 12.1. The molecule has 0 aliphatic heterocycles. The maximum absolute atomic E-state index is 12.5. The highest BCUT2D eigenvalue weighted by molar-refractivity contribution is 5.94. The maximum Gasteiger partial charge on any atom is 0.256 e. The molecule has 1 aliphatic carbocycles. The summed E-state index contributed by atoms with van der Waals surface area (Å²) in [6.45, 7) is 8.38. The first-order valence-electron chi connectivity index (χ1n) is 9.43. The molecule has 1 aliphatic rings. The number of nitrogens with zero attached hydrogens (tertiary/aromatic N) is 3. The monoisotopic (exact) mass is 360 g/mol. The average molecular weight is 361 g/mol. The molecule has 0 radical (unpaired) electrons. The summed E-state index contributed by atoms with van der Waals surface area (Å²) in [5.74, 6) is 1.54. The molecule has 6 nitrogen and oxygen atoms in total. The van der Waals surface area contributed by atoms with Gasteiger partial charge in [-0.15, -0.1) is 0 Å². The van der Waals surface area contributed by atoms with Crippen molar-refractivity contribution < 1.29 is 9.59 Å². The third kappa shape index (κ3) is 5.02. The minimum Gasteiger partial charge on any atom is -0.355 e. The van der Waals surface area contributed by atoms with Gasteiger partial charge in [-0.25, -0.2) is 9.97 Å². The molecule has 0 atom stereocenters. The third-order valence-corrected chi connectivity index (χ3v) is 5.04. The van der Waals surface area contributed by atoms with Crippen molar-refractivity contribution in [1.29, 1.82) is 0 Å². The summed E-state index contributed by atoms with van der Waals surface area (Å²) >= 11 is 0. The number of aromatic nitrogens is 2. The Labute approximate surface area is 156 Å². The number of carbonyl (C=O) groups is 2. The van der Waals surface area contributed by atoms with Gasteiger partial charge in [0.2, 0.25) is 5.91 Å². The molecule has 144 valence electrons. The summed E-state index contributed by atoms with van der Waals surface area (Å²) < 4.78 is 0. The van der Waals surface area contributed by atoms with E-state index in [4.69, 9.17) is 0 Å². The Kier molecular flexibility index (Phi) is 6.37. The summed E-state index contributed by atoms with van der Waals surface area (Å²) in [6, 6.07) is 0. The fourth-order valence-electron chi connectivity index (χ4n) is 3.35. The molecular weight excluding hydrogens is 328 g/mol. The van der Waals surface area contributed by atoms with Gasteiger partial charge in [-0.05, 0) is 38.5 Å². The lowest BCUT2D eigenvalue weighted by Gasteiger charge is -2.30. The summed E-state index contributed by atoms with van der Waals surface area (Å²) in [6.07, 6.45) is 5.71. The zero-order valence-corrected chi connectivity index (χ0v) is 16.9. The average Bonchev–Trinajstić information content (AvgIpc) is 2.58. The van der Waals surface area contributed by atoms with E-state index < -0.39 is 0 Å². The van der Waals surface area contributed by atoms with Crippen LogP contribution < -0.4 is 5.32 Å². The van der Waals surface area contributed by atoms with Gasteiger partial charge in [-0.3, -0.25) is 9.59 Å². The van der Waals surface area contributed by atoms with Gasteiger partial charge in [0.1, 0.15) is 5.82 Å². The lowest BCUT2D eigenvalue weighted by Crippen LogP contribution is -2.38. The molecule has 0 bridgehead atoms. The Hall–Kier alpha value is -1.98. The number of rotatable bonds is 4. The SMILES string of the molecule is Cc1ncc(C(=O)N(C)C)c(C2CCC(CNC(=O)C(C)(C)C)CC2)n1. The first-order valence-corrected chi connectivity index (χ1v) is 9.43. The van der Waals surface area contributed by atoms with Crippen molar-refractivity contribution in [1.82, 2.24) is 20.2 Å². The van der Waals surface area contributed by atoms with Crippen molar-refractivity contribution in [3.63, 3.8) is 0 Å². The lowest BCUT2D eigenvalue weighted by molar-refractivity contribution is -0.128. The molecular formula is C20H32N4O2. The topological polar surface area (TPSA) is 75.2 Å². The summed E-state index contributed by atoms with van der Waals surface area (Å²) in [5, 5.41) is 3.08. The highest BCUT2D eigenvalue weighted by atomic mass is 16.2. The van der Waals surface area contributed by atoms with Gasteiger partial charge in [-0.1, -0.05) is 20.8 Å². The second-order valence-electron chi connectivity index (χ2n) is 8.59. The number of hydrogen-bond donors (Lipinski definition) is 1. The van der Waals surface area contributed by atoms with Crippen molar-refractivity contribution in [2.24, 2.45) is 11.3 Å². The molecule has 1 N–H and O–H groups in total. The molecule has 0 saturated heterocycles. The van der Waals surface area contributed by atoms with Gasteiger partial charge in [0.25, 0.3) is 5.91 Å². The van der Waals surface area contributed by atoms with Crippen LogP contribution in [0.5, 0.6) is 0 Å². The van der Waals surface area contributed by atoms with Crippen LogP contribution in [0.15, 0.2) is 6.20 Å². The fraction of sp³-hybridized carbons (Fsp3) is 0.700. The number of carbonyl (C=O) groups excluding carboxylic acids is 2. The highest BCUT2D eigenvalue weighted by Crippen LogP contribution is 2.36. The summed E-state index contributed by atoms with van der Waals surface area (Å²) in [5.41, 5.74) is 1.15. The zero-order valence-electron chi connectivity index (χ0n) is 16.9. The van der Waals surface area contributed by atoms with Crippen molar-refractivity contribution in [3.8, 4) is 0 Å². The molecule has 26 heavy (non-hydrogen) atoms. The van der Waals surface area contributed by atoms with Gasteiger partial charge in [0.05, 0.1) is 11.3 Å². The van der Waals surface area contributed by atoms with Crippen LogP contribution in [-0.2, 0) is 4.79 Å². The van der Waals surface area contributed by atoms with Crippen LogP contribution in [0.2, 0.25) is 0 Å². The molecule has 1 fully saturated rings. The Morgan fingerprint density at radius 3 is 2.35 bits per heavy atom. The third-order valence-electron chi connectivity index (χ3n) is 5.04. The Bertz CT molecular complexity index is 656. The minimum atomic E-state index is -0.350. The van der Waals surface area contributed by atoms with Crippen molar-refractivity contribution in [2.75, 3.05) is 20.6 Å². The van der Waals surface area contributed by atoms with Crippen LogP contribution in [0.3, 0.4) is 0 Å². The predicted octanol–water partition coefficient (Wildman–Crippen LogP) is 2.92. The van der Waals surface area contributed by atoms with E-state index in [0.717, 1.165) is 37.9 Å². The van der Waals surface area contributed by atoms with Crippen LogP contribution in [0.4, 0.5) is 0 Å². The van der Waals surface area contributed by atoms with Gasteiger partial charge in [-0.2, -0.15) is 0 Å². The molecule has 1 aromatic heterocycles. The lowest BCUT2D eigenvalue weighted by atomic mass is 9.79. The van der Waals surface area contributed by atoms with Gasteiger partial charge < -0.3 is 10.2 Å². The molecule has 1 heterocycles. The van der Waals surface area contributed by atoms with E-state index in [2.05, 4.69) is 15.3 Å². The highest BCUT2D eigenvalue weighted by Gasteiger charge is 2.29. The number of amides is 2. The second kappa shape index (κ2) is 8.14. The molecule has 0 unspecified atom stereocenters. The van der Waals surface area contributed by atoms with E-state index in [9.17, 15) is 9.59 Å². The van der Waals surface area contributed by atoms with Crippen molar-refractivity contribution in [2.45, 2.75) is 59.3 Å². The van der Waals surface area contributed by atoms with E-state index in [-0.39, 0.29) is 23.1 Å². The summed E-state index contributed by atoms with van der Waals surface area (Å²) in [7, 11) is 3.50. The van der Waals surface area contributed by atoms with E-state index in [1.54, 1.807) is 25.2 Å². The largest absolute Gasteiger partial charge is 0.355 e. The molecule has 6 heteroatoms. The van der Waals surface area contributed by atoms with Gasteiger partial charge in [0.15, 0.2) is 0 Å². The van der Waals surface area contributed by atoms with Crippen LogP contribution in [0.25, 0.3) is 0 Å². The van der Waals surface area contributed by atoms with E-state index in [0.29, 0.717) is 17.3 Å². The van der Waals surface area contributed by atoms with Gasteiger partial charge >= 0.3 is 0 Å². The van der Waals surface area contributed by atoms with Crippen molar-refractivity contribution in [3.05, 3.63) is 23.3 Å². The molecule has 0 spiro atoms. The summed E-state index contributed by atoms with van der Waals surface area (Å²) in [4.78, 5) is 34.9. The quantitative estimate of drug-likeness (QED) is 0.896. The van der Waals surface area contributed by atoms with Crippen molar-refractivity contribution >= 4 is 11.8 Å². The van der Waals surface area contributed by atoms with Gasteiger partial charge in [0, 0.05) is 38.2 Å². The molecule has 2 rings (SSSR count). The first kappa shape index (κ1) is 20.3. The Morgan fingerprint density at radius 1 is 1.19 bits per heavy atom. The molecule has 1 aromatic rings. The number of aryl methyl sites for hydroxylation is 1. The Balaban J connectivity index is 2.01. The molecule has 2 amide bonds. The molecule has 0 aromatic carbocycles. The smallest absolute Gasteiger partial charge is 0.256 e. The second-order valence-corrected chi connectivity index (χ2v) is 8.59. The van der Waals surface area contributed by atoms with Crippen LogP contribution in [0.1, 0.15) is 74.2 Å². The van der Waals surface area contributed by atoms with Crippen LogP contribution in [0, 0.1) is 18.3 Å². The van der Waals surface area contributed by atoms with E-state index >= 15 is 0 Å². The Morgan fingerprint density at radius 2 is 1.81 bits per heavy atom. The molecule has 1 saturated carbocycles. The fourth-order valence-corrected chi connectivity index (χ4v) is 3.35.